The minimum atomic E-state index is -0.389. The minimum absolute atomic E-state index is 0.227. The fourth-order valence-corrected chi connectivity index (χ4v) is 2.28. The summed E-state index contributed by atoms with van der Waals surface area (Å²) >= 11 is 0. The number of imide groups is 1. The molecule has 2 amide bonds. The Labute approximate surface area is 129 Å². The van der Waals surface area contributed by atoms with Gasteiger partial charge in [0.25, 0.3) is 11.8 Å². The third-order valence-corrected chi connectivity index (χ3v) is 3.49. The number of hydrogen-bond donors (Lipinski definition) is 0. The van der Waals surface area contributed by atoms with E-state index in [-0.39, 0.29) is 17.8 Å². The Balaban J connectivity index is 1.73. The lowest BCUT2D eigenvalue weighted by Crippen LogP contribution is -2.30. The molecule has 0 N–H and O–H groups in total. The molecule has 1 aromatic carbocycles. The van der Waals surface area contributed by atoms with Gasteiger partial charge >= 0.3 is 5.97 Å². The number of carbonyl (C=O) groups is 3. The first-order chi connectivity index (χ1) is 10.5. The molecule has 0 aliphatic carbocycles. The third kappa shape index (κ3) is 3.42. The second kappa shape index (κ2) is 7.02. The Morgan fingerprint density at radius 3 is 2.23 bits per heavy atom. The van der Waals surface area contributed by atoms with Gasteiger partial charge in [-0.15, -0.1) is 0 Å². The van der Waals surface area contributed by atoms with Crippen molar-refractivity contribution in [2.45, 2.75) is 26.2 Å². The Bertz CT molecular complexity index is 586. The molecule has 22 heavy (non-hydrogen) atoms. The maximum Gasteiger partial charge on any atom is 0.333 e. The number of carbonyl (C=O) groups excluding carboxylic acids is 3. The highest BCUT2D eigenvalue weighted by molar-refractivity contribution is 6.21. The molecule has 1 aliphatic heterocycles. The van der Waals surface area contributed by atoms with Crippen LogP contribution >= 0.6 is 0 Å². The monoisotopic (exact) mass is 301 g/mol. The summed E-state index contributed by atoms with van der Waals surface area (Å²) in [7, 11) is 0. The number of unbranched alkanes of at least 4 members (excludes halogenated alkanes) is 2. The number of benzene rings is 1. The number of rotatable bonds is 7. The molecule has 0 saturated heterocycles. The van der Waals surface area contributed by atoms with Crippen molar-refractivity contribution in [2.75, 3.05) is 13.2 Å². The molecule has 1 aromatic rings. The summed E-state index contributed by atoms with van der Waals surface area (Å²) in [6.07, 6.45) is 2.16. The molecule has 0 saturated carbocycles. The number of fused-ring (bicyclic) bond motifs is 1. The van der Waals surface area contributed by atoms with Crippen molar-refractivity contribution in [2.24, 2.45) is 0 Å². The lowest BCUT2D eigenvalue weighted by Gasteiger charge is -2.13. The van der Waals surface area contributed by atoms with Gasteiger partial charge in [-0.05, 0) is 38.3 Å². The summed E-state index contributed by atoms with van der Waals surface area (Å²) < 4.78 is 4.98. The van der Waals surface area contributed by atoms with Crippen molar-refractivity contribution < 1.29 is 19.1 Å². The highest BCUT2D eigenvalue weighted by Crippen LogP contribution is 2.22. The standard InChI is InChI=1S/C17H19NO4/c1-12(2)17(21)22-11-7-3-6-10-18-15(19)13-8-4-5-9-14(13)16(18)20/h4-5,8-9H,1,3,6-7,10-11H2,2H3. The maximum atomic E-state index is 12.1. The number of hydrogen-bond acceptors (Lipinski definition) is 4. The SMILES string of the molecule is C=C(C)C(=O)OCCCCCN1C(=O)c2ccccc2C1=O. The van der Waals surface area contributed by atoms with Gasteiger partial charge in [0.2, 0.25) is 0 Å². The van der Waals surface area contributed by atoms with Crippen molar-refractivity contribution in [3.05, 3.63) is 47.5 Å². The molecular formula is C17H19NO4. The predicted octanol–water partition coefficient (Wildman–Crippen LogP) is 2.57. The molecule has 0 bridgehead atoms. The molecule has 1 aliphatic rings. The van der Waals surface area contributed by atoms with E-state index in [4.69, 9.17) is 4.74 Å². The predicted molar refractivity (Wildman–Crippen MR) is 81.4 cm³/mol. The molecular weight excluding hydrogens is 282 g/mol. The molecule has 0 atom stereocenters. The molecule has 0 aromatic heterocycles. The van der Waals surface area contributed by atoms with Gasteiger partial charge in [-0.1, -0.05) is 18.7 Å². The summed E-state index contributed by atoms with van der Waals surface area (Å²) in [5.41, 5.74) is 1.33. The van der Waals surface area contributed by atoms with Crippen LogP contribution in [0.25, 0.3) is 0 Å². The molecule has 0 radical (unpaired) electrons. The lowest BCUT2D eigenvalue weighted by molar-refractivity contribution is -0.139. The average Bonchev–Trinajstić information content (AvgIpc) is 2.75. The van der Waals surface area contributed by atoms with Crippen molar-refractivity contribution in [3.63, 3.8) is 0 Å². The van der Waals surface area contributed by atoms with Crippen LogP contribution in [0.3, 0.4) is 0 Å². The molecule has 0 spiro atoms. The van der Waals surface area contributed by atoms with Crippen LogP contribution in [-0.2, 0) is 9.53 Å². The average molecular weight is 301 g/mol. The molecule has 0 unspecified atom stereocenters. The summed E-state index contributed by atoms with van der Waals surface area (Å²) in [6, 6.07) is 6.85. The molecule has 0 fully saturated rings. The second-order valence-electron chi connectivity index (χ2n) is 5.28. The van der Waals surface area contributed by atoms with Crippen molar-refractivity contribution in [1.29, 1.82) is 0 Å². The Hall–Kier alpha value is -2.43. The van der Waals surface area contributed by atoms with Crippen LogP contribution in [0.15, 0.2) is 36.4 Å². The van der Waals surface area contributed by atoms with Crippen LogP contribution in [0.2, 0.25) is 0 Å². The Kier molecular flexibility index (Phi) is 5.09. The summed E-state index contributed by atoms with van der Waals surface area (Å²) in [6.45, 7) is 5.82. The quantitative estimate of drug-likeness (QED) is 0.336. The summed E-state index contributed by atoms with van der Waals surface area (Å²) in [5, 5.41) is 0. The first-order valence-corrected chi connectivity index (χ1v) is 7.30. The normalized spacial score (nSPS) is 13.2. The highest BCUT2D eigenvalue weighted by Gasteiger charge is 2.34. The number of ether oxygens (including phenoxy) is 1. The van der Waals surface area contributed by atoms with Crippen LogP contribution in [0, 0.1) is 0 Å². The van der Waals surface area contributed by atoms with E-state index in [1.54, 1.807) is 31.2 Å². The van der Waals surface area contributed by atoms with E-state index in [9.17, 15) is 14.4 Å². The smallest absolute Gasteiger partial charge is 0.333 e. The zero-order valence-electron chi connectivity index (χ0n) is 12.6. The topological polar surface area (TPSA) is 63.7 Å². The van der Waals surface area contributed by atoms with E-state index in [0.29, 0.717) is 42.7 Å². The molecule has 5 heteroatoms. The van der Waals surface area contributed by atoms with Crippen LogP contribution in [0.1, 0.15) is 46.9 Å². The molecule has 2 rings (SSSR count). The number of amides is 2. The van der Waals surface area contributed by atoms with E-state index in [0.717, 1.165) is 6.42 Å². The zero-order chi connectivity index (χ0) is 16.1. The zero-order valence-corrected chi connectivity index (χ0v) is 12.6. The molecule has 1 heterocycles. The van der Waals surface area contributed by atoms with Crippen LogP contribution < -0.4 is 0 Å². The first kappa shape index (κ1) is 15.9. The van der Waals surface area contributed by atoms with Crippen LogP contribution in [-0.4, -0.2) is 35.8 Å². The van der Waals surface area contributed by atoms with Gasteiger partial charge in [-0.3, -0.25) is 14.5 Å². The largest absolute Gasteiger partial charge is 0.462 e. The van der Waals surface area contributed by atoms with E-state index < -0.39 is 0 Å². The fraction of sp³-hybridized carbons (Fsp3) is 0.353. The van der Waals surface area contributed by atoms with Gasteiger partial charge in [0.15, 0.2) is 0 Å². The molecule has 116 valence electrons. The highest BCUT2D eigenvalue weighted by atomic mass is 16.5. The maximum absolute atomic E-state index is 12.1. The van der Waals surface area contributed by atoms with Crippen LogP contribution in [0.5, 0.6) is 0 Å². The van der Waals surface area contributed by atoms with E-state index >= 15 is 0 Å². The van der Waals surface area contributed by atoms with Crippen molar-refractivity contribution in [3.8, 4) is 0 Å². The number of nitrogens with zero attached hydrogens (tertiary/aromatic N) is 1. The Morgan fingerprint density at radius 1 is 1.09 bits per heavy atom. The van der Waals surface area contributed by atoms with Gasteiger partial charge in [0, 0.05) is 12.1 Å². The van der Waals surface area contributed by atoms with Gasteiger partial charge in [-0.2, -0.15) is 0 Å². The summed E-state index contributed by atoms with van der Waals surface area (Å²) in [4.78, 5) is 36.7. The summed E-state index contributed by atoms with van der Waals surface area (Å²) in [5.74, 6) is -0.844. The Morgan fingerprint density at radius 2 is 1.68 bits per heavy atom. The van der Waals surface area contributed by atoms with E-state index in [1.165, 1.54) is 4.90 Å². The van der Waals surface area contributed by atoms with E-state index in [2.05, 4.69) is 6.58 Å². The van der Waals surface area contributed by atoms with E-state index in [1.807, 2.05) is 0 Å². The van der Waals surface area contributed by atoms with Gasteiger partial charge in [0.05, 0.1) is 17.7 Å². The fourth-order valence-electron chi connectivity index (χ4n) is 2.28. The van der Waals surface area contributed by atoms with Crippen molar-refractivity contribution in [1.82, 2.24) is 4.90 Å². The van der Waals surface area contributed by atoms with Gasteiger partial charge in [0.1, 0.15) is 0 Å². The minimum Gasteiger partial charge on any atom is -0.462 e. The van der Waals surface area contributed by atoms with Crippen molar-refractivity contribution >= 4 is 17.8 Å². The van der Waals surface area contributed by atoms with Gasteiger partial charge in [-0.25, -0.2) is 4.79 Å². The lowest BCUT2D eigenvalue weighted by atomic mass is 10.1. The number of esters is 1. The first-order valence-electron chi connectivity index (χ1n) is 7.30. The second-order valence-corrected chi connectivity index (χ2v) is 5.28. The van der Waals surface area contributed by atoms with Gasteiger partial charge < -0.3 is 4.74 Å². The third-order valence-electron chi connectivity index (χ3n) is 3.49. The molecule has 5 nitrogen and oxygen atoms in total. The van der Waals surface area contributed by atoms with Crippen LogP contribution in [0.4, 0.5) is 0 Å².